The van der Waals surface area contributed by atoms with Crippen LogP contribution in [0.15, 0.2) is 12.2 Å². The van der Waals surface area contributed by atoms with Crippen LogP contribution in [0.3, 0.4) is 0 Å². The maximum atomic E-state index is 12.8. The summed E-state index contributed by atoms with van der Waals surface area (Å²) < 4.78 is 32.1. The first kappa shape index (κ1) is 59.3. The minimum Gasteiger partial charge on any atom is -0.460 e. The molecule has 0 aromatic heterocycles. The number of nitrogens with one attached hydrogen (secondary N) is 2. The first-order chi connectivity index (χ1) is 31.7. The van der Waals surface area contributed by atoms with E-state index in [1.807, 2.05) is 26.2 Å². The van der Waals surface area contributed by atoms with Crippen LogP contribution >= 0.6 is 0 Å². The summed E-state index contributed by atoms with van der Waals surface area (Å²) in [6.07, 6.45) is -0.738. The molecule has 2 fully saturated rings. The lowest BCUT2D eigenvalue weighted by atomic mass is 9.79. The zero-order valence-corrected chi connectivity index (χ0v) is 39.7. The van der Waals surface area contributed by atoms with Gasteiger partial charge in [0.05, 0.1) is 45.1 Å². The van der Waals surface area contributed by atoms with Gasteiger partial charge in [-0.05, 0) is 44.9 Å². The van der Waals surface area contributed by atoms with Crippen molar-refractivity contribution in [1.29, 1.82) is 0 Å². The Hall–Kier alpha value is -3.84. The Bertz CT molecular complexity index is 1550. The van der Waals surface area contributed by atoms with E-state index in [2.05, 4.69) is 17.6 Å². The standard InChI is InChI=1S/C45H77N3O19/c1-6-7-14-18-32(65-38(57)24-48(4,5)20-21-62-29(3)52)31(53)17-15-12-10-8-9-11-13-16-19-36(55)63-27-64-37(56)23-35(54)47-40-43(60)44(34(26-50)67-45(40)61)66-33-22-30(25-49)41(58)42(59)39(33)46-28(2)51/h12,15,30-34,39-45,49-50,53,58-61H,6-11,13-14,16-27H2,1-5H3,(H-,46,47,51,54)/p+1/b15-12-/t30?,31?,32?,33-,34?,39?,40?,41-,42-,43-,44-,45-/m0/s1. The highest BCUT2D eigenvalue weighted by Crippen LogP contribution is 2.32. The fourth-order valence-electron chi connectivity index (χ4n) is 7.85. The third kappa shape index (κ3) is 22.4. The molecule has 67 heavy (non-hydrogen) atoms. The summed E-state index contributed by atoms with van der Waals surface area (Å²) in [6.45, 7) is 3.22. The lowest BCUT2D eigenvalue weighted by Crippen LogP contribution is -2.68. The molecule has 0 radical (unpaired) electrons. The molecule has 1 aliphatic carbocycles. The van der Waals surface area contributed by atoms with Gasteiger partial charge in [0.25, 0.3) is 0 Å². The molecule has 2 rings (SSSR count). The molecule has 22 nitrogen and oxygen atoms in total. The van der Waals surface area contributed by atoms with Gasteiger partial charge >= 0.3 is 23.9 Å². The molecule has 0 aromatic carbocycles. The highest BCUT2D eigenvalue weighted by Gasteiger charge is 2.51. The second kappa shape index (κ2) is 31.3. The number of carbonyl (C=O) groups is 6. The van der Waals surface area contributed by atoms with Gasteiger partial charge in [0.15, 0.2) is 12.8 Å². The molecular weight excluding hydrogens is 886 g/mol. The maximum absolute atomic E-state index is 12.8. The van der Waals surface area contributed by atoms with Crippen LogP contribution in [-0.2, 0) is 57.2 Å². The molecule has 0 bridgehead atoms. The van der Waals surface area contributed by atoms with Gasteiger partial charge in [0, 0.05) is 32.8 Å². The van der Waals surface area contributed by atoms with E-state index < -0.39 is 129 Å². The van der Waals surface area contributed by atoms with Crippen molar-refractivity contribution in [2.75, 3.05) is 53.8 Å². The molecule has 0 aromatic rings. The largest absolute Gasteiger partial charge is 0.460 e. The van der Waals surface area contributed by atoms with E-state index >= 15 is 0 Å². The van der Waals surface area contributed by atoms with Crippen LogP contribution in [0.5, 0.6) is 0 Å². The number of ether oxygens (including phenoxy) is 6. The molecule has 1 saturated heterocycles. The summed E-state index contributed by atoms with van der Waals surface area (Å²) >= 11 is 0. The number of quaternary nitrogens is 1. The van der Waals surface area contributed by atoms with Gasteiger partial charge in [0.1, 0.15) is 56.1 Å². The molecule has 1 saturated carbocycles. The van der Waals surface area contributed by atoms with E-state index in [1.165, 1.54) is 13.8 Å². The molecule has 0 spiro atoms. The number of aliphatic hydroxyl groups is 7. The van der Waals surface area contributed by atoms with Gasteiger partial charge < -0.3 is 79.3 Å². The van der Waals surface area contributed by atoms with Crippen LogP contribution in [0.25, 0.3) is 0 Å². The lowest BCUT2D eigenvalue weighted by Gasteiger charge is -2.47. The van der Waals surface area contributed by atoms with E-state index in [0.717, 1.165) is 51.4 Å². The average molecular weight is 965 g/mol. The summed E-state index contributed by atoms with van der Waals surface area (Å²) in [5.74, 6) is -4.97. The fourth-order valence-corrected chi connectivity index (χ4v) is 7.85. The molecule has 1 heterocycles. The van der Waals surface area contributed by atoms with Crippen molar-refractivity contribution < 1.29 is 97.4 Å². The van der Waals surface area contributed by atoms with Crippen molar-refractivity contribution in [3.05, 3.63) is 12.2 Å². The number of hydrogen-bond acceptors (Lipinski definition) is 19. The Morgan fingerprint density at radius 2 is 1.48 bits per heavy atom. The van der Waals surface area contributed by atoms with Crippen molar-refractivity contribution in [2.24, 2.45) is 5.92 Å². The Labute approximate surface area is 392 Å². The first-order valence-electron chi connectivity index (χ1n) is 23.3. The van der Waals surface area contributed by atoms with E-state index in [0.29, 0.717) is 25.8 Å². The predicted octanol–water partition coefficient (Wildman–Crippen LogP) is -0.862. The van der Waals surface area contributed by atoms with Crippen LogP contribution in [0.4, 0.5) is 0 Å². The van der Waals surface area contributed by atoms with Gasteiger partial charge in [-0.15, -0.1) is 0 Å². The van der Waals surface area contributed by atoms with E-state index in [1.54, 1.807) is 0 Å². The molecule has 2 amide bonds. The quantitative estimate of drug-likeness (QED) is 0.00776. The van der Waals surface area contributed by atoms with Gasteiger partial charge in [-0.25, -0.2) is 4.79 Å². The smallest absolute Gasteiger partial charge is 0.362 e. The number of unbranched alkanes of at least 4 members (excludes halogenated alkanes) is 7. The van der Waals surface area contributed by atoms with Crippen LogP contribution in [-0.4, -0.2) is 197 Å². The molecule has 9 N–H and O–H groups in total. The molecule has 386 valence electrons. The number of aliphatic hydroxyl groups excluding tert-OH is 7. The van der Waals surface area contributed by atoms with Crippen LogP contribution in [0, 0.1) is 5.92 Å². The number of nitrogens with zero attached hydrogens (tertiary/aromatic N) is 1. The molecular formula is C45H78N3O19+. The third-order valence-electron chi connectivity index (χ3n) is 11.7. The van der Waals surface area contributed by atoms with Gasteiger partial charge in [-0.3, -0.25) is 24.0 Å². The Balaban J connectivity index is 1.69. The number of allylic oxidation sites excluding steroid dienone is 1. The number of likely N-dealkylation sites (N-methyl/N-ethyl adjacent to an activating group) is 1. The summed E-state index contributed by atoms with van der Waals surface area (Å²) in [5, 5.41) is 78.0. The molecule has 12 atom stereocenters. The zero-order valence-electron chi connectivity index (χ0n) is 39.7. The summed E-state index contributed by atoms with van der Waals surface area (Å²) in [6, 6.07) is -2.80. The molecule has 6 unspecified atom stereocenters. The van der Waals surface area contributed by atoms with Crippen LogP contribution in [0.2, 0.25) is 0 Å². The van der Waals surface area contributed by atoms with Crippen molar-refractivity contribution in [1.82, 2.24) is 10.6 Å². The van der Waals surface area contributed by atoms with Crippen molar-refractivity contribution in [2.45, 2.75) is 178 Å². The minimum absolute atomic E-state index is 0.0743. The number of esters is 4. The summed E-state index contributed by atoms with van der Waals surface area (Å²) in [5.41, 5.74) is 0. The third-order valence-corrected chi connectivity index (χ3v) is 11.7. The second-order valence-corrected chi connectivity index (χ2v) is 17.9. The Kier molecular flexibility index (Phi) is 27.7. The van der Waals surface area contributed by atoms with Gasteiger partial charge in [-0.2, -0.15) is 0 Å². The van der Waals surface area contributed by atoms with Crippen LogP contribution in [0.1, 0.15) is 111 Å². The van der Waals surface area contributed by atoms with Crippen molar-refractivity contribution >= 4 is 35.7 Å². The van der Waals surface area contributed by atoms with Gasteiger partial charge in [-0.1, -0.05) is 51.2 Å². The zero-order chi connectivity index (χ0) is 50.1. The fraction of sp³-hybridized carbons (Fsp3) is 0.822. The highest BCUT2D eigenvalue weighted by molar-refractivity contribution is 5.94. The monoisotopic (exact) mass is 965 g/mol. The van der Waals surface area contributed by atoms with E-state index in [-0.39, 0.29) is 36.4 Å². The summed E-state index contributed by atoms with van der Waals surface area (Å²) in [7, 11) is 3.68. The maximum Gasteiger partial charge on any atom is 0.362 e. The van der Waals surface area contributed by atoms with Crippen molar-refractivity contribution in [3.8, 4) is 0 Å². The second-order valence-electron chi connectivity index (χ2n) is 17.9. The first-order valence-corrected chi connectivity index (χ1v) is 23.3. The average Bonchev–Trinajstić information content (AvgIpc) is 3.25. The molecule has 2 aliphatic rings. The number of hydrogen-bond donors (Lipinski definition) is 9. The van der Waals surface area contributed by atoms with Crippen LogP contribution < -0.4 is 10.6 Å². The Morgan fingerprint density at radius 3 is 2.13 bits per heavy atom. The number of rotatable bonds is 31. The lowest BCUT2D eigenvalue weighted by molar-refractivity contribution is -0.883. The van der Waals surface area contributed by atoms with Gasteiger partial charge in [0.2, 0.25) is 18.6 Å². The van der Waals surface area contributed by atoms with E-state index in [9.17, 15) is 64.5 Å². The Morgan fingerprint density at radius 1 is 0.791 bits per heavy atom. The van der Waals surface area contributed by atoms with Crippen molar-refractivity contribution in [3.63, 3.8) is 0 Å². The topological polar surface area (TPSA) is 323 Å². The number of carbonyl (C=O) groups excluding carboxylic acids is 6. The SMILES string of the molecule is CCCCCC(OC(=O)C[N+](C)(C)CCOC(C)=O)C(O)C/C=C\CCCCCCCC(=O)OCOC(=O)CC(=O)NC1[C@@H](O)OC(CO)[C@H](O[C@H]2CC(CO)[C@H](O)[C@@H](O)C2NC(C)=O)[C@H]1O. The normalized spacial score (nSPS) is 26.3. The number of amides is 2. The minimum atomic E-state index is -1.87. The molecule has 1 aliphatic heterocycles. The van der Waals surface area contributed by atoms with E-state index in [4.69, 9.17) is 28.4 Å². The predicted molar refractivity (Wildman–Crippen MR) is 236 cm³/mol. The summed E-state index contributed by atoms with van der Waals surface area (Å²) in [4.78, 5) is 72.9. The molecule has 22 heteroatoms. The highest BCUT2D eigenvalue weighted by atomic mass is 16.7.